The molecule has 0 spiro atoms. The third-order valence-electron chi connectivity index (χ3n) is 4.38. The van der Waals surface area contributed by atoms with E-state index in [0.717, 1.165) is 22.4 Å². The van der Waals surface area contributed by atoms with Gasteiger partial charge in [-0.2, -0.15) is 0 Å². The van der Waals surface area contributed by atoms with Crippen LogP contribution in [0, 0.1) is 5.92 Å². The molecule has 0 aliphatic carbocycles. The summed E-state index contributed by atoms with van der Waals surface area (Å²) in [6, 6.07) is 8.93. The van der Waals surface area contributed by atoms with Gasteiger partial charge in [0.25, 0.3) is 0 Å². The van der Waals surface area contributed by atoms with Crippen LogP contribution in [0.4, 0.5) is 0 Å². The molecule has 0 aromatic heterocycles. The second kappa shape index (κ2) is 7.35. The second-order valence-electron chi connectivity index (χ2n) is 6.24. The molecule has 26 heavy (non-hydrogen) atoms. The standard InChI is InChI=1S/C19H16Cl2O5/c20-15-1-2-17-11(4-15)3-14(9-24-17)19(22)25-8-13-6-16(21)5-12-7-23-10-26-18(12)13/h1-2,4-6,14H,3,7-10H2/t14-/m0/s1. The lowest BCUT2D eigenvalue weighted by atomic mass is 9.97. The molecule has 0 radical (unpaired) electrons. The van der Waals surface area contributed by atoms with Crippen LogP contribution < -0.4 is 9.47 Å². The van der Waals surface area contributed by atoms with E-state index in [0.29, 0.717) is 28.8 Å². The molecule has 136 valence electrons. The van der Waals surface area contributed by atoms with Gasteiger partial charge in [-0.3, -0.25) is 4.79 Å². The van der Waals surface area contributed by atoms with Crippen LogP contribution in [0.3, 0.4) is 0 Å². The predicted octanol–water partition coefficient (Wildman–Crippen LogP) is 4.15. The summed E-state index contributed by atoms with van der Waals surface area (Å²) in [6.07, 6.45) is 0.534. The van der Waals surface area contributed by atoms with E-state index in [1.807, 2.05) is 12.1 Å². The Morgan fingerprint density at radius 3 is 2.85 bits per heavy atom. The fourth-order valence-electron chi connectivity index (χ4n) is 3.15. The number of ether oxygens (including phenoxy) is 4. The zero-order valence-electron chi connectivity index (χ0n) is 13.8. The number of benzene rings is 2. The maximum Gasteiger partial charge on any atom is 0.313 e. The van der Waals surface area contributed by atoms with E-state index in [1.54, 1.807) is 18.2 Å². The maximum atomic E-state index is 12.5. The van der Waals surface area contributed by atoms with Crippen LogP contribution in [0.1, 0.15) is 16.7 Å². The highest BCUT2D eigenvalue weighted by atomic mass is 35.5. The van der Waals surface area contributed by atoms with E-state index in [1.165, 1.54) is 0 Å². The molecule has 2 aromatic carbocycles. The minimum Gasteiger partial charge on any atom is -0.492 e. The van der Waals surface area contributed by atoms with Gasteiger partial charge in [0.05, 0.1) is 12.5 Å². The minimum absolute atomic E-state index is 0.0840. The van der Waals surface area contributed by atoms with Crippen molar-refractivity contribution in [2.24, 2.45) is 5.92 Å². The summed E-state index contributed by atoms with van der Waals surface area (Å²) in [6.45, 7) is 0.959. The first kappa shape index (κ1) is 17.5. The molecule has 7 heteroatoms. The Labute approximate surface area is 160 Å². The van der Waals surface area contributed by atoms with Gasteiger partial charge in [0.1, 0.15) is 24.7 Å². The van der Waals surface area contributed by atoms with Gasteiger partial charge in [0.2, 0.25) is 0 Å². The average molecular weight is 395 g/mol. The normalized spacial score (nSPS) is 18.2. The Balaban J connectivity index is 1.44. The number of hydrogen-bond acceptors (Lipinski definition) is 5. The van der Waals surface area contributed by atoms with Gasteiger partial charge < -0.3 is 18.9 Å². The van der Waals surface area contributed by atoms with Crippen molar-refractivity contribution in [1.29, 1.82) is 0 Å². The number of carbonyl (C=O) groups is 1. The fraction of sp³-hybridized carbons (Fsp3) is 0.316. The first-order chi connectivity index (χ1) is 12.6. The summed E-state index contributed by atoms with van der Waals surface area (Å²) in [5.41, 5.74) is 2.48. The van der Waals surface area contributed by atoms with Gasteiger partial charge in [-0.05, 0) is 42.3 Å². The van der Waals surface area contributed by atoms with Crippen LogP contribution in [0.25, 0.3) is 0 Å². The predicted molar refractivity (Wildman–Crippen MR) is 95.7 cm³/mol. The molecule has 0 saturated heterocycles. The number of hydrogen-bond donors (Lipinski definition) is 0. The van der Waals surface area contributed by atoms with Crippen molar-refractivity contribution < 1.29 is 23.7 Å². The van der Waals surface area contributed by atoms with Crippen molar-refractivity contribution >= 4 is 29.2 Å². The lowest BCUT2D eigenvalue weighted by molar-refractivity contribution is -0.151. The molecular weight excluding hydrogens is 379 g/mol. The van der Waals surface area contributed by atoms with Gasteiger partial charge in [0.15, 0.2) is 6.79 Å². The SMILES string of the molecule is O=C(OCc1cc(Cl)cc2c1OCOC2)[C@@H]1COc2ccc(Cl)cc2C1. The Kier molecular flexibility index (Phi) is 4.94. The number of rotatable bonds is 3. The van der Waals surface area contributed by atoms with Crippen molar-refractivity contribution in [2.45, 2.75) is 19.6 Å². The highest BCUT2D eigenvalue weighted by Crippen LogP contribution is 2.33. The third-order valence-corrected chi connectivity index (χ3v) is 4.84. The van der Waals surface area contributed by atoms with Gasteiger partial charge in [-0.15, -0.1) is 0 Å². The van der Waals surface area contributed by atoms with Gasteiger partial charge in [-0.1, -0.05) is 23.2 Å². The van der Waals surface area contributed by atoms with Gasteiger partial charge in [-0.25, -0.2) is 0 Å². The second-order valence-corrected chi connectivity index (χ2v) is 7.11. The van der Waals surface area contributed by atoms with Crippen LogP contribution in [-0.4, -0.2) is 19.4 Å². The maximum absolute atomic E-state index is 12.5. The monoisotopic (exact) mass is 394 g/mol. The molecule has 2 aliphatic heterocycles. The lowest BCUT2D eigenvalue weighted by Crippen LogP contribution is -2.29. The summed E-state index contributed by atoms with van der Waals surface area (Å²) in [5.74, 6) is 0.734. The van der Waals surface area contributed by atoms with Crippen LogP contribution >= 0.6 is 23.2 Å². The van der Waals surface area contributed by atoms with Crippen LogP contribution in [0.15, 0.2) is 30.3 Å². The smallest absolute Gasteiger partial charge is 0.313 e. The zero-order chi connectivity index (χ0) is 18.1. The molecule has 5 nitrogen and oxygen atoms in total. The summed E-state index contributed by atoms with van der Waals surface area (Å²) < 4.78 is 21.9. The Morgan fingerprint density at radius 1 is 1.12 bits per heavy atom. The molecule has 2 heterocycles. The van der Waals surface area contributed by atoms with E-state index in [4.69, 9.17) is 42.1 Å². The summed E-state index contributed by atoms with van der Waals surface area (Å²) in [5, 5.41) is 1.17. The van der Waals surface area contributed by atoms with Gasteiger partial charge in [0, 0.05) is 21.2 Å². The number of esters is 1. The van der Waals surface area contributed by atoms with E-state index in [9.17, 15) is 4.79 Å². The topological polar surface area (TPSA) is 54.0 Å². The third kappa shape index (κ3) is 3.61. The first-order valence-corrected chi connectivity index (χ1v) is 8.95. The van der Waals surface area contributed by atoms with Crippen LogP contribution in [0.5, 0.6) is 11.5 Å². The van der Waals surface area contributed by atoms with Crippen molar-refractivity contribution in [3.05, 3.63) is 57.1 Å². The lowest BCUT2D eigenvalue weighted by Gasteiger charge is -2.25. The Bertz CT molecular complexity index is 852. The molecule has 0 unspecified atom stereocenters. The van der Waals surface area contributed by atoms with Gasteiger partial charge >= 0.3 is 5.97 Å². The Hall–Kier alpha value is -1.95. The molecule has 1 atom stereocenters. The fourth-order valence-corrected chi connectivity index (χ4v) is 3.60. The molecule has 0 saturated carbocycles. The average Bonchev–Trinajstić information content (AvgIpc) is 2.65. The molecule has 2 aromatic rings. The molecule has 4 rings (SSSR count). The van der Waals surface area contributed by atoms with E-state index in [-0.39, 0.29) is 31.9 Å². The van der Waals surface area contributed by atoms with Crippen molar-refractivity contribution in [3.8, 4) is 11.5 Å². The highest BCUT2D eigenvalue weighted by molar-refractivity contribution is 6.31. The molecule has 0 N–H and O–H groups in total. The quantitative estimate of drug-likeness (QED) is 0.731. The van der Waals surface area contributed by atoms with Crippen molar-refractivity contribution in [1.82, 2.24) is 0 Å². The molecule has 0 amide bonds. The molecule has 0 fully saturated rings. The number of halogens is 2. The number of carbonyl (C=O) groups excluding carboxylic acids is 1. The van der Waals surface area contributed by atoms with Crippen molar-refractivity contribution in [2.75, 3.05) is 13.4 Å². The summed E-state index contributed by atoms with van der Waals surface area (Å²) in [7, 11) is 0. The van der Waals surface area contributed by atoms with Crippen LogP contribution in [0.2, 0.25) is 10.0 Å². The van der Waals surface area contributed by atoms with Crippen LogP contribution in [-0.2, 0) is 33.9 Å². The highest BCUT2D eigenvalue weighted by Gasteiger charge is 2.28. The van der Waals surface area contributed by atoms with E-state index in [2.05, 4.69) is 0 Å². The Morgan fingerprint density at radius 2 is 1.96 bits per heavy atom. The molecule has 0 bridgehead atoms. The molecular formula is C19H16Cl2O5. The zero-order valence-corrected chi connectivity index (χ0v) is 15.3. The summed E-state index contributed by atoms with van der Waals surface area (Å²) in [4.78, 5) is 12.5. The molecule has 2 aliphatic rings. The number of fused-ring (bicyclic) bond motifs is 2. The first-order valence-electron chi connectivity index (χ1n) is 8.20. The minimum atomic E-state index is -0.375. The van der Waals surface area contributed by atoms with Crippen molar-refractivity contribution in [3.63, 3.8) is 0 Å². The van der Waals surface area contributed by atoms with E-state index >= 15 is 0 Å². The van der Waals surface area contributed by atoms with E-state index < -0.39 is 0 Å². The summed E-state index contributed by atoms with van der Waals surface area (Å²) >= 11 is 12.2. The largest absolute Gasteiger partial charge is 0.492 e.